The number of fused-ring (bicyclic) bond motifs is 1. The molecule has 130 valence electrons. The van der Waals surface area contributed by atoms with E-state index in [2.05, 4.69) is 24.8 Å². The van der Waals surface area contributed by atoms with Gasteiger partial charge in [-0.1, -0.05) is 11.3 Å². The van der Waals surface area contributed by atoms with E-state index in [0.717, 1.165) is 28.4 Å². The first kappa shape index (κ1) is 16.1. The molecule has 0 aliphatic carbocycles. The van der Waals surface area contributed by atoms with E-state index in [1.807, 2.05) is 11.0 Å². The lowest BCUT2D eigenvalue weighted by Crippen LogP contribution is -2.47. The van der Waals surface area contributed by atoms with Crippen molar-refractivity contribution in [2.24, 2.45) is 0 Å². The van der Waals surface area contributed by atoms with Gasteiger partial charge in [0, 0.05) is 38.4 Å². The number of aromatic nitrogens is 4. The monoisotopic (exact) mass is 362 g/mol. The normalized spacial score (nSPS) is 15.4. The van der Waals surface area contributed by atoms with E-state index < -0.39 is 6.43 Å². The molecule has 1 aliphatic heterocycles. The summed E-state index contributed by atoms with van der Waals surface area (Å²) in [5.41, 5.74) is 0.682. The topological polar surface area (TPSA) is 58.0 Å². The van der Waals surface area contributed by atoms with Crippen LogP contribution in [0.5, 0.6) is 0 Å². The molecule has 1 fully saturated rings. The third kappa shape index (κ3) is 3.23. The molecule has 1 aliphatic rings. The van der Waals surface area contributed by atoms with Gasteiger partial charge in [-0.15, -0.1) is 0 Å². The SMILES string of the molecule is Cc1nc(C(F)F)cc(N2CCN(c3nc4cnccc4s3)CC2)n1. The van der Waals surface area contributed by atoms with Crippen LogP contribution in [0.2, 0.25) is 0 Å². The van der Waals surface area contributed by atoms with Crippen LogP contribution in [0.1, 0.15) is 17.9 Å². The second-order valence-electron chi connectivity index (χ2n) is 5.81. The molecule has 0 amide bonds. The van der Waals surface area contributed by atoms with Crippen molar-refractivity contribution in [1.29, 1.82) is 0 Å². The smallest absolute Gasteiger partial charge is 0.280 e. The van der Waals surface area contributed by atoms with Crippen LogP contribution in [0.15, 0.2) is 24.5 Å². The van der Waals surface area contributed by atoms with Crippen LogP contribution in [0.25, 0.3) is 10.2 Å². The number of hydrogen-bond acceptors (Lipinski definition) is 7. The summed E-state index contributed by atoms with van der Waals surface area (Å²) in [6, 6.07) is 3.35. The lowest BCUT2D eigenvalue weighted by Gasteiger charge is -2.35. The summed E-state index contributed by atoms with van der Waals surface area (Å²) in [5.74, 6) is 0.935. The molecule has 0 N–H and O–H groups in total. The number of hydrogen-bond donors (Lipinski definition) is 0. The first-order chi connectivity index (χ1) is 12.1. The average molecular weight is 362 g/mol. The highest BCUT2D eigenvalue weighted by Gasteiger charge is 2.22. The fourth-order valence-electron chi connectivity index (χ4n) is 2.88. The van der Waals surface area contributed by atoms with Crippen molar-refractivity contribution in [2.45, 2.75) is 13.3 Å². The van der Waals surface area contributed by atoms with E-state index in [1.165, 1.54) is 6.07 Å². The van der Waals surface area contributed by atoms with Crippen molar-refractivity contribution in [2.75, 3.05) is 36.0 Å². The van der Waals surface area contributed by atoms with Crippen molar-refractivity contribution in [3.8, 4) is 0 Å². The lowest BCUT2D eigenvalue weighted by molar-refractivity contribution is 0.145. The number of halogens is 2. The van der Waals surface area contributed by atoms with Gasteiger partial charge in [-0.3, -0.25) is 4.98 Å². The second-order valence-corrected chi connectivity index (χ2v) is 6.82. The molecule has 0 atom stereocenters. The number of aryl methyl sites for hydroxylation is 1. The van der Waals surface area contributed by atoms with E-state index in [0.29, 0.717) is 24.7 Å². The van der Waals surface area contributed by atoms with E-state index >= 15 is 0 Å². The molecule has 0 unspecified atom stereocenters. The average Bonchev–Trinajstić information content (AvgIpc) is 3.05. The molecule has 4 rings (SSSR count). The summed E-state index contributed by atoms with van der Waals surface area (Å²) < 4.78 is 27.0. The Morgan fingerprint density at radius 2 is 1.84 bits per heavy atom. The largest absolute Gasteiger partial charge is 0.353 e. The first-order valence-corrected chi connectivity index (χ1v) is 8.76. The van der Waals surface area contributed by atoms with E-state index in [-0.39, 0.29) is 5.69 Å². The molecule has 0 saturated carbocycles. The Balaban J connectivity index is 1.49. The third-order valence-corrected chi connectivity index (χ3v) is 5.22. The van der Waals surface area contributed by atoms with Crippen LogP contribution in [-0.2, 0) is 0 Å². The first-order valence-electron chi connectivity index (χ1n) is 7.94. The summed E-state index contributed by atoms with van der Waals surface area (Å²) in [4.78, 5) is 21.1. The number of alkyl halides is 2. The van der Waals surface area contributed by atoms with Gasteiger partial charge in [-0.05, 0) is 13.0 Å². The molecule has 0 spiro atoms. The summed E-state index contributed by atoms with van der Waals surface area (Å²) in [7, 11) is 0. The molecule has 6 nitrogen and oxygen atoms in total. The van der Waals surface area contributed by atoms with Crippen LogP contribution in [-0.4, -0.2) is 46.1 Å². The number of nitrogens with zero attached hydrogens (tertiary/aromatic N) is 6. The number of pyridine rings is 1. The molecule has 0 aromatic carbocycles. The molecule has 25 heavy (non-hydrogen) atoms. The Kier molecular flexibility index (Phi) is 4.16. The summed E-state index contributed by atoms with van der Waals surface area (Å²) in [5, 5.41) is 0.967. The highest BCUT2D eigenvalue weighted by atomic mass is 32.1. The van der Waals surface area contributed by atoms with Crippen molar-refractivity contribution < 1.29 is 8.78 Å². The van der Waals surface area contributed by atoms with Gasteiger partial charge in [0.15, 0.2) is 5.13 Å². The standard InChI is InChI=1S/C16H16F2N6S/c1-10-20-11(15(17)18)8-14(21-10)23-4-6-24(7-5-23)16-22-12-9-19-3-2-13(12)25-16/h2-3,8-9,15H,4-7H2,1H3. The molecular formula is C16H16F2N6S. The summed E-state index contributed by atoms with van der Waals surface area (Å²) in [6.07, 6.45) is 0.944. The van der Waals surface area contributed by atoms with E-state index in [9.17, 15) is 8.78 Å². The maximum atomic E-state index is 12.9. The zero-order valence-electron chi connectivity index (χ0n) is 13.6. The lowest BCUT2D eigenvalue weighted by atomic mass is 10.3. The number of piperazine rings is 1. The highest BCUT2D eigenvalue weighted by molar-refractivity contribution is 7.22. The maximum absolute atomic E-state index is 12.9. The predicted molar refractivity (Wildman–Crippen MR) is 93.6 cm³/mol. The van der Waals surface area contributed by atoms with Gasteiger partial charge >= 0.3 is 0 Å². The maximum Gasteiger partial charge on any atom is 0.280 e. The fraction of sp³-hybridized carbons (Fsp3) is 0.375. The Hall–Kier alpha value is -2.42. The van der Waals surface area contributed by atoms with Gasteiger partial charge in [-0.25, -0.2) is 23.7 Å². The minimum Gasteiger partial charge on any atom is -0.353 e. The number of rotatable bonds is 3. The van der Waals surface area contributed by atoms with Crippen LogP contribution in [0, 0.1) is 6.92 Å². The molecule has 9 heteroatoms. The van der Waals surface area contributed by atoms with Crippen molar-refractivity contribution >= 4 is 32.5 Å². The minimum atomic E-state index is -2.59. The minimum absolute atomic E-state index is 0.219. The molecule has 0 bridgehead atoms. The van der Waals surface area contributed by atoms with Crippen molar-refractivity contribution in [3.05, 3.63) is 36.0 Å². The number of thiazole rings is 1. The van der Waals surface area contributed by atoms with Crippen molar-refractivity contribution in [3.63, 3.8) is 0 Å². The Bertz CT molecular complexity index is 858. The van der Waals surface area contributed by atoms with E-state index in [4.69, 9.17) is 0 Å². The third-order valence-electron chi connectivity index (χ3n) is 4.12. The predicted octanol–water partition coefficient (Wildman–Crippen LogP) is 3.05. The second kappa shape index (κ2) is 6.47. The van der Waals surface area contributed by atoms with Crippen LogP contribution < -0.4 is 9.80 Å². The van der Waals surface area contributed by atoms with Crippen LogP contribution >= 0.6 is 11.3 Å². The van der Waals surface area contributed by atoms with Gasteiger partial charge < -0.3 is 9.80 Å². The zero-order chi connectivity index (χ0) is 17.4. The van der Waals surface area contributed by atoms with E-state index in [1.54, 1.807) is 30.7 Å². The quantitative estimate of drug-likeness (QED) is 0.714. The van der Waals surface area contributed by atoms with Gasteiger partial charge in [0.2, 0.25) is 0 Å². The molecule has 1 saturated heterocycles. The fourth-order valence-corrected chi connectivity index (χ4v) is 3.86. The summed E-state index contributed by atoms with van der Waals surface area (Å²) >= 11 is 1.64. The van der Waals surface area contributed by atoms with Gasteiger partial charge in [-0.2, -0.15) is 0 Å². The highest BCUT2D eigenvalue weighted by Crippen LogP contribution is 2.29. The Morgan fingerprint density at radius 3 is 2.56 bits per heavy atom. The molecule has 3 aromatic rings. The van der Waals surface area contributed by atoms with Gasteiger partial charge in [0.05, 0.1) is 10.9 Å². The molecule has 0 radical (unpaired) electrons. The molecular weight excluding hydrogens is 346 g/mol. The number of anilines is 2. The molecule has 3 aromatic heterocycles. The van der Waals surface area contributed by atoms with Crippen molar-refractivity contribution in [1.82, 2.24) is 19.9 Å². The van der Waals surface area contributed by atoms with Crippen LogP contribution in [0.4, 0.5) is 19.7 Å². The van der Waals surface area contributed by atoms with Gasteiger partial charge in [0.1, 0.15) is 22.9 Å². The van der Waals surface area contributed by atoms with Crippen LogP contribution in [0.3, 0.4) is 0 Å². The van der Waals surface area contributed by atoms with Gasteiger partial charge in [0.25, 0.3) is 6.43 Å². The Labute approximate surface area is 147 Å². The molecule has 4 heterocycles. The summed E-state index contributed by atoms with van der Waals surface area (Å²) in [6.45, 7) is 4.57. The Morgan fingerprint density at radius 1 is 1.08 bits per heavy atom. The zero-order valence-corrected chi connectivity index (χ0v) is 14.4.